The molecule has 0 unspecified atom stereocenters. The van der Waals surface area contributed by atoms with Crippen LogP contribution in [0.25, 0.3) is 0 Å². The monoisotopic (exact) mass is 406 g/mol. The molecule has 4 aromatic carbocycles. The van der Waals surface area contributed by atoms with E-state index in [1.165, 1.54) is 22.3 Å². The molecule has 0 saturated heterocycles. The van der Waals surface area contributed by atoms with Crippen molar-refractivity contribution in [3.05, 3.63) is 119 Å². The summed E-state index contributed by atoms with van der Waals surface area (Å²) in [4.78, 5) is 0. The Morgan fingerprint density at radius 2 is 0.440 bits per heavy atom. The molecule has 4 aromatic rings. The molecule has 0 atom stereocenters. The Balaban J connectivity index is 0.000000303. The van der Waals surface area contributed by atoms with Gasteiger partial charge in [-0.15, -0.1) is 0 Å². The molecule has 0 bridgehead atoms. The Bertz CT molecular complexity index is 549. The van der Waals surface area contributed by atoms with E-state index in [-0.39, 0.29) is 26.2 Å². The van der Waals surface area contributed by atoms with Crippen molar-refractivity contribution in [1.82, 2.24) is 0 Å². The quantitative estimate of drug-likeness (QED) is 0.279. The molecular formula is C24H28Zr. The van der Waals surface area contributed by atoms with Crippen LogP contribution >= 0.6 is 0 Å². The average Bonchev–Trinajstić information content (AvgIpc) is 3.31. The average molecular weight is 408 g/mol. The van der Waals surface area contributed by atoms with Crippen LogP contribution in [0.15, 0.2) is 97.1 Å². The molecule has 0 amide bonds. The van der Waals surface area contributed by atoms with Crippen LogP contribution < -0.4 is 0 Å². The first-order valence-corrected chi connectivity index (χ1v) is 8.31. The summed E-state index contributed by atoms with van der Waals surface area (Å²) in [5, 5.41) is 0. The van der Waals surface area contributed by atoms with Gasteiger partial charge in [0.05, 0.1) is 0 Å². The fourth-order valence-corrected chi connectivity index (χ4v) is 1.88. The summed E-state index contributed by atoms with van der Waals surface area (Å²) in [6.45, 7) is 8.33. The van der Waals surface area contributed by atoms with Gasteiger partial charge in [-0.05, 0) is 0 Å². The summed E-state index contributed by atoms with van der Waals surface area (Å²) in [5.41, 5.74) is 5.37. The number of aryl methyl sites for hydroxylation is 4. The van der Waals surface area contributed by atoms with Gasteiger partial charge < -0.3 is 0 Å². The first-order valence-electron chi connectivity index (χ1n) is 8.31. The van der Waals surface area contributed by atoms with E-state index in [4.69, 9.17) is 0 Å². The van der Waals surface area contributed by atoms with Gasteiger partial charge in [-0.2, -0.15) is 70.8 Å². The van der Waals surface area contributed by atoms with Crippen molar-refractivity contribution in [2.24, 2.45) is 0 Å². The molecule has 0 aliphatic heterocycles. The fraction of sp³-hybridized carbons (Fsp3) is 0.167. The Morgan fingerprint density at radius 3 is 0.480 bits per heavy atom. The van der Waals surface area contributed by atoms with Gasteiger partial charge in [-0.1, -0.05) is 27.7 Å². The summed E-state index contributed by atoms with van der Waals surface area (Å²) < 4.78 is 0. The van der Waals surface area contributed by atoms with E-state index in [0.717, 1.165) is 0 Å². The first-order chi connectivity index (χ1) is 11.6. The van der Waals surface area contributed by atoms with Gasteiger partial charge in [0.1, 0.15) is 0 Å². The maximum Gasteiger partial charge on any atom is 4.00 e. The van der Waals surface area contributed by atoms with Crippen molar-refractivity contribution < 1.29 is 26.2 Å². The molecule has 0 fully saturated rings. The summed E-state index contributed by atoms with van der Waals surface area (Å²) >= 11 is 0. The zero-order valence-electron chi connectivity index (χ0n) is 15.7. The molecule has 0 nitrogen and oxygen atoms in total. The van der Waals surface area contributed by atoms with Gasteiger partial charge in [0, 0.05) is 0 Å². The third kappa shape index (κ3) is 13.3. The van der Waals surface area contributed by atoms with Crippen molar-refractivity contribution >= 4 is 0 Å². The van der Waals surface area contributed by atoms with E-state index >= 15 is 0 Å². The van der Waals surface area contributed by atoms with Gasteiger partial charge >= 0.3 is 26.2 Å². The van der Waals surface area contributed by atoms with E-state index in [1.54, 1.807) is 0 Å². The molecule has 128 valence electrons. The molecular weight excluding hydrogens is 379 g/mol. The minimum Gasteiger partial charge on any atom is -0.213 e. The van der Waals surface area contributed by atoms with E-state index in [9.17, 15) is 0 Å². The molecule has 0 aliphatic rings. The smallest absolute Gasteiger partial charge is 0.213 e. The molecule has 0 radical (unpaired) electrons. The van der Waals surface area contributed by atoms with Crippen LogP contribution in [0.5, 0.6) is 0 Å². The van der Waals surface area contributed by atoms with E-state index < -0.39 is 0 Å². The molecule has 1 heteroatoms. The van der Waals surface area contributed by atoms with E-state index in [0.29, 0.717) is 0 Å². The van der Waals surface area contributed by atoms with Gasteiger partial charge in [-0.25, -0.2) is 48.5 Å². The predicted octanol–water partition coefficient (Wildman–Crippen LogP) is 6.85. The predicted molar refractivity (Wildman–Crippen MR) is 107 cm³/mol. The zero-order chi connectivity index (χ0) is 17.6. The summed E-state index contributed by atoms with van der Waals surface area (Å²) in [5.74, 6) is 0. The summed E-state index contributed by atoms with van der Waals surface area (Å²) in [6, 6.07) is 33.0. The number of rotatable bonds is 0. The first kappa shape index (κ1) is 23.3. The van der Waals surface area contributed by atoms with Crippen LogP contribution in [0.1, 0.15) is 22.3 Å². The fourth-order valence-electron chi connectivity index (χ4n) is 1.88. The van der Waals surface area contributed by atoms with Crippen molar-refractivity contribution in [2.75, 3.05) is 0 Å². The van der Waals surface area contributed by atoms with Gasteiger partial charge in [0.25, 0.3) is 0 Å². The molecule has 4 rings (SSSR count). The van der Waals surface area contributed by atoms with Crippen LogP contribution in [-0.4, -0.2) is 0 Å². The second-order valence-electron chi connectivity index (χ2n) is 5.85. The van der Waals surface area contributed by atoms with Crippen molar-refractivity contribution in [3.63, 3.8) is 0 Å². The normalized spacial score (nSPS) is 8.48. The van der Waals surface area contributed by atoms with Crippen molar-refractivity contribution in [3.8, 4) is 0 Å². The minimum atomic E-state index is 0. The summed E-state index contributed by atoms with van der Waals surface area (Å²) in [6.07, 6.45) is 0. The molecule has 0 heterocycles. The SMILES string of the molecule is C[c-]1cccc1.C[c-]1cccc1.C[c-]1cccc1.C[c-]1cccc1.[Zr+4]. The third-order valence-electron chi connectivity index (χ3n) is 3.32. The standard InChI is InChI=1S/4C6H7.Zr/c4*1-6-4-2-3-5-6;/h4*2-5H,1H3;/q4*-1;+4. The van der Waals surface area contributed by atoms with Crippen LogP contribution in [-0.2, 0) is 26.2 Å². The maximum atomic E-state index is 2.08. The molecule has 25 heavy (non-hydrogen) atoms. The van der Waals surface area contributed by atoms with Crippen LogP contribution in [0.4, 0.5) is 0 Å². The zero-order valence-corrected chi connectivity index (χ0v) is 18.2. The third-order valence-corrected chi connectivity index (χ3v) is 3.32. The molecule has 0 spiro atoms. The van der Waals surface area contributed by atoms with Crippen molar-refractivity contribution in [1.29, 1.82) is 0 Å². The topological polar surface area (TPSA) is 0 Å². The maximum absolute atomic E-state index is 2.08. The van der Waals surface area contributed by atoms with Gasteiger partial charge in [-0.3, -0.25) is 0 Å². The Hall–Kier alpha value is -1.72. The minimum absolute atomic E-state index is 0. The van der Waals surface area contributed by atoms with Crippen LogP contribution in [0, 0.1) is 27.7 Å². The molecule has 0 saturated carbocycles. The molecule has 0 N–H and O–H groups in total. The van der Waals surface area contributed by atoms with Gasteiger partial charge in [0.2, 0.25) is 0 Å². The van der Waals surface area contributed by atoms with Gasteiger partial charge in [0.15, 0.2) is 0 Å². The van der Waals surface area contributed by atoms with E-state index in [1.807, 2.05) is 48.5 Å². The Kier molecular flexibility index (Phi) is 13.6. The Morgan fingerprint density at radius 1 is 0.320 bits per heavy atom. The van der Waals surface area contributed by atoms with Crippen LogP contribution in [0.3, 0.4) is 0 Å². The van der Waals surface area contributed by atoms with Crippen LogP contribution in [0.2, 0.25) is 0 Å². The summed E-state index contributed by atoms with van der Waals surface area (Å²) in [7, 11) is 0. The second-order valence-corrected chi connectivity index (χ2v) is 5.85. The second kappa shape index (κ2) is 14.6. The van der Waals surface area contributed by atoms with E-state index in [2.05, 4.69) is 76.2 Å². The number of hydrogen-bond acceptors (Lipinski definition) is 0. The van der Waals surface area contributed by atoms with Crippen molar-refractivity contribution in [2.45, 2.75) is 27.7 Å². The number of hydrogen-bond donors (Lipinski definition) is 0. The largest absolute Gasteiger partial charge is 4.00 e. The molecule has 0 aliphatic carbocycles. The Labute approximate surface area is 172 Å². The molecule has 0 aromatic heterocycles.